The van der Waals surface area contributed by atoms with Gasteiger partial charge in [0.25, 0.3) is 0 Å². The summed E-state index contributed by atoms with van der Waals surface area (Å²) in [6.07, 6.45) is 38.0. The Morgan fingerprint density at radius 3 is 1.39 bits per heavy atom. The number of rotatable bonds is 30. The molecule has 38 heavy (non-hydrogen) atoms. The van der Waals surface area contributed by atoms with Crippen LogP contribution in [0.3, 0.4) is 0 Å². The van der Waals surface area contributed by atoms with Crippen LogP contribution in [0, 0.1) is 11.8 Å². The average Bonchev–Trinajstić information content (AvgIpc) is 2.90. The van der Waals surface area contributed by atoms with E-state index in [4.69, 9.17) is 4.74 Å². The van der Waals surface area contributed by atoms with Crippen LogP contribution in [-0.4, -0.2) is 12.6 Å². The average molecular weight is 535 g/mol. The number of hydrogen-bond donors (Lipinski definition) is 0. The first-order chi connectivity index (χ1) is 18.6. The monoisotopic (exact) mass is 535 g/mol. The van der Waals surface area contributed by atoms with Crippen molar-refractivity contribution in [2.75, 3.05) is 6.61 Å². The molecule has 0 aromatic heterocycles. The Kier molecular flexibility index (Phi) is 30.1. The van der Waals surface area contributed by atoms with Gasteiger partial charge in [-0.3, -0.25) is 4.79 Å². The molecule has 0 aromatic rings. The zero-order valence-electron chi connectivity index (χ0n) is 26.7. The summed E-state index contributed by atoms with van der Waals surface area (Å²) in [5.41, 5.74) is 0. The van der Waals surface area contributed by atoms with Crippen LogP contribution in [0.15, 0.2) is 12.2 Å². The first-order valence-electron chi connectivity index (χ1n) is 17.4. The standard InChI is InChI=1S/C36H70O2/c1-5-7-9-11-13-15-16-17-18-19-20-22-24-28-32-35(31-27-23-21-14-12-10-8-6-2)36(37)38-33-29-25-26-30-34(3)4/h17-18,34-35H,5-16,19-33H2,1-4H3/b18-17-. The molecule has 0 saturated carbocycles. The molecule has 0 aliphatic rings. The molecule has 226 valence electrons. The van der Waals surface area contributed by atoms with Crippen molar-refractivity contribution in [3.63, 3.8) is 0 Å². The molecule has 0 saturated heterocycles. The maximum atomic E-state index is 12.9. The second-order valence-electron chi connectivity index (χ2n) is 12.4. The van der Waals surface area contributed by atoms with Crippen LogP contribution in [0.4, 0.5) is 0 Å². The van der Waals surface area contributed by atoms with E-state index in [1.54, 1.807) is 0 Å². The Hall–Kier alpha value is -0.790. The second kappa shape index (κ2) is 30.7. The summed E-state index contributed by atoms with van der Waals surface area (Å²) >= 11 is 0. The summed E-state index contributed by atoms with van der Waals surface area (Å²) in [7, 11) is 0. The van der Waals surface area contributed by atoms with Gasteiger partial charge < -0.3 is 4.74 Å². The number of ether oxygens (including phenoxy) is 1. The highest BCUT2D eigenvalue weighted by Crippen LogP contribution is 2.21. The quantitative estimate of drug-likeness (QED) is 0.0520. The molecule has 1 atom stereocenters. The van der Waals surface area contributed by atoms with Gasteiger partial charge in [-0.1, -0.05) is 162 Å². The lowest BCUT2D eigenvalue weighted by Crippen LogP contribution is -2.18. The lowest BCUT2D eigenvalue weighted by Gasteiger charge is -2.16. The van der Waals surface area contributed by atoms with Gasteiger partial charge in [0, 0.05) is 0 Å². The molecule has 0 bridgehead atoms. The van der Waals surface area contributed by atoms with Crippen molar-refractivity contribution in [2.45, 2.75) is 195 Å². The third-order valence-electron chi connectivity index (χ3n) is 7.97. The molecular formula is C36H70O2. The summed E-state index contributed by atoms with van der Waals surface area (Å²) in [5.74, 6) is 0.993. The largest absolute Gasteiger partial charge is 0.465 e. The van der Waals surface area contributed by atoms with Gasteiger partial charge in [-0.15, -0.1) is 0 Å². The smallest absolute Gasteiger partial charge is 0.308 e. The minimum Gasteiger partial charge on any atom is -0.465 e. The molecule has 0 aromatic carbocycles. The number of carbonyl (C=O) groups is 1. The fourth-order valence-corrected chi connectivity index (χ4v) is 5.31. The van der Waals surface area contributed by atoms with Crippen LogP contribution < -0.4 is 0 Å². The van der Waals surface area contributed by atoms with E-state index in [1.807, 2.05) is 0 Å². The van der Waals surface area contributed by atoms with Crippen molar-refractivity contribution >= 4 is 5.97 Å². The van der Waals surface area contributed by atoms with E-state index in [9.17, 15) is 4.79 Å². The van der Waals surface area contributed by atoms with Crippen molar-refractivity contribution in [3.8, 4) is 0 Å². The highest BCUT2D eigenvalue weighted by molar-refractivity contribution is 5.72. The lowest BCUT2D eigenvalue weighted by atomic mass is 9.94. The van der Waals surface area contributed by atoms with Gasteiger partial charge in [0.2, 0.25) is 0 Å². The van der Waals surface area contributed by atoms with E-state index in [0.717, 1.165) is 25.2 Å². The van der Waals surface area contributed by atoms with Gasteiger partial charge in [0.15, 0.2) is 0 Å². The Morgan fingerprint density at radius 2 is 0.921 bits per heavy atom. The fourth-order valence-electron chi connectivity index (χ4n) is 5.31. The summed E-state index contributed by atoms with van der Waals surface area (Å²) in [5, 5.41) is 0. The maximum absolute atomic E-state index is 12.9. The van der Waals surface area contributed by atoms with Crippen LogP contribution >= 0.6 is 0 Å². The molecule has 0 radical (unpaired) electrons. The van der Waals surface area contributed by atoms with E-state index < -0.39 is 0 Å². The molecule has 0 aliphatic carbocycles. The van der Waals surface area contributed by atoms with Gasteiger partial charge >= 0.3 is 5.97 Å². The third-order valence-corrected chi connectivity index (χ3v) is 7.97. The fraction of sp³-hybridized carbons (Fsp3) is 0.917. The Balaban J connectivity index is 4.05. The molecule has 0 fully saturated rings. The van der Waals surface area contributed by atoms with Crippen molar-refractivity contribution in [2.24, 2.45) is 11.8 Å². The van der Waals surface area contributed by atoms with Crippen molar-refractivity contribution < 1.29 is 9.53 Å². The Labute approximate surface area is 240 Å². The minimum atomic E-state index is 0.0921. The molecule has 0 heterocycles. The molecule has 2 nitrogen and oxygen atoms in total. The van der Waals surface area contributed by atoms with E-state index in [1.165, 1.54) is 148 Å². The molecule has 0 amide bonds. The first-order valence-corrected chi connectivity index (χ1v) is 17.4. The van der Waals surface area contributed by atoms with Crippen LogP contribution in [0.25, 0.3) is 0 Å². The molecule has 1 unspecified atom stereocenters. The van der Waals surface area contributed by atoms with Crippen LogP contribution in [0.1, 0.15) is 195 Å². The van der Waals surface area contributed by atoms with Crippen LogP contribution in [0.2, 0.25) is 0 Å². The van der Waals surface area contributed by atoms with E-state index in [0.29, 0.717) is 6.61 Å². The van der Waals surface area contributed by atoms with E-state index in [-0.39, 0.29) is 11.9 Å². The predicted molar refractivity (Wildman–Crippen MR) is 170 cm³/mol. The number of allylic oxidation sites excluding steroid dienone is 2. The zero-order chi connectivity index (χ0) is 27.9. The van der Waals surface area contributed by atoms with Gasteiger partial charge in [0.05, 0.1) is 12.5 Å². The minimum absolute atomic E-state index is 0.0921. The van der Waals surface area contributed by atoms with E-state index in [2.05, 4.69) is 39.8 Å². The topological polar surface area (TPSA) is 26.3 Å². The van der Waals surface area contributed by atoms with Gasteiger partial charge in [-0.2, -0.15) is 0 Å². The number of carbonyl (C=O) groups excluding carboxylic acids is 1. The Morgan fingerprint density at radius 1 is 0.526 bits per heavy atom. The highest BCUT2D eigenvalue weighted by Gasteiger charge is 2.19. The van der Waals surface area contributed by atoms with Gasteiger partial charge in [0.1, 0.15) is 0 Å². The molecule has 0 spiro atoms. The molecule has 0 N–H and O–H groups in total. The van der Waals surface area contributed by atoms with Crippen molar-refractivity contribution in [3.05, 3.63) is 12.2 Å². The Bertz CT molecular complexity index is 496. The maximum Gasteiger partial charge on any atom is 0.308 e. The summed E-state index contributed by atoms with van der Waals surface area (Å²) in [4.78, 5) is 12.9. The highest BCUT2D eigenvalue weighted by atomic mass is 16.5. The summed E-state index contributed by atoms with van der Waals surface area (Å²) in [6.45, 7) is 9.74. The number of esters is 1. The number of unbranched alkanes of at least 4 members (excludes halogenated alkanes) is 19. The third kappa shape index (κ3) is 28.2. The summed E-state index contributed by atoms with van der Waals surface area (Å²) < 4.78 is 5.76. The summed E-state index contributed by atoms with van der Waals surface area (Å²) in [6, 6.07) is 0. The lowest BCUT2D eigenvalue weighted by molar-refractivity contribution is -0.149. The first kappa shape index (κ1) is 37.2. The van der Waals surface area contributed by atoms with Crippen molar-refractivity contribution in [1.29, 1.82) is 0 Å². The normalized spacial score (nSPS) is 12.6. The molecular weight excluding hydrogens is 464 g/mol. The number of hydrogen-bond acceptors (Lipinski definition) is 2. The zero-order valence-corrected chi connectivity index (χ0v) is 26.7. The van der Waals surface area contributed by atoms with Crippen LogP contribution in [-0.2, 0) is 9.53 Å². The van der Waals surface area contributed by atoms with Crippen LogP contribution in [0.5, 0.6) is 0 Å². The van der Waals surface area contributed by atoms with Gasteiger partial charge in [-0.25, -0.2) is 0 Å². The second-order valence-corrected chi connectivity index (χ2v) is 12.4. The predicted octanol–water partition coefficient (Wildman–Crippen LogP) is 12.5. The SMILES string of the molecule is CCCCCCCC/C=C\CCCCCCC(CCCCCCCCCC)C(=O)OCCCCCC(C)C. The molecule has 0 rings (SSSR count). The van der Waals surface area contributed by atoms with Crippen molar-refractivity contribution in [1.82, 2.24) is 0 Å². The molecule has 2 heteroatoms. The van der Waals surface area contributed by atoms with Gasteiger partial charge in [-0.05, 0) is 50.9 Å². The van der Waals surface area contributed by atoms with E-state index >= 15 is 0 Å². The molecule has 0 aliphatic heterocycles.